The molecule has 7 heteroatoms. The molecule has 0 saturated carbocycles. The van der Waals surface area contributed by atoms with Crippen LogP contribution in [0.25, 0.3) is 0 Å². The summed E-state index contributed by atoms with van der Waals surface area (Å²) in [6.45, 7) is 2.79. The van der Waals surface area contributed by atoms with Gasteiger partial charge in [-0.2, -0.15) is 8.42 Å². The molecule has 0 heterocycles. The first-order valence-corrected chi connectivity index (χ1v) is 5.50. The molecule has 0 fully saturated rings. The molecule has 80 valence electrons. The van der Waals surface area contributed by atoms with Gasteiger partial charge in [0.25, 0.3) is 10.1 Å². The maximum atomic E-state index is 10.8. The van der Waals surface area contributed by atoms with E-state index in [0.717, 1.165) is 0 Å². The van der Waals surface area contributed by atoms with Crippen LogP contribution < -0.4 is 0 Å². The molecule has 0 bridgehead atoms. The number of rotatable bonds is 5. The second kappa shape index (κ2) is 7.87. The van der Waals surface area contributed by atoms with Crippen molar-refractivity contribution in [1.82, 2.24) is 0 Å². The first-order chi connectivity index (χ1) is 5.88. The van der Waals surface area contributed by atoms with Gasteiger partial charge in [-0.25, -0.2) is 0 Å². The van der Waals surface area contributed by atoms with Crippen molar-refractivity contribution in [3.8, 4) is 0 Å². The Morgan fingerprint density at radius 3 is 2.36 bits per heavy atom. The molecule has 14 heavy (non-hydrogen) atoms. The van der Waals surface area contributed by atoms with Crippen molar-refractivity contribution in [2.75, 3.05) is 6.61 Å². The minimum atomic E-state index is -4.09. The van der Waals surface area contributed by atoms with E-state index in [1.807, 2.05) is 6.92 Å². The molecule has 0 amide bonds. The third-order valence-corrected chi connectivity index (χ3v) is 2.59. The summed E-state index contributed by atoms with van der Waals surface area (Å²) in [6.07, 6.45) is 0.914. The van der Waals surface area contributed by atoms with Gasteiger partial charge in [-0.3, -0.25) is 9.35 Å². The normalized spacial score (nSPS) is 12.8. The molecule has 5 nitrogen and oxygen atoms in total. The van der Waals surface area contributed by atoms with Crippen molar-refractivity contribution in [3.05, 3.63) is 0 Å². The van der Waals surface area contributed by atoms with Crippen molar-refractivity contribution in [2.24, 2.45) is 0 Å². The molecule has 0 aliphatic heterocycles. The monoisotopic (exact) mass is 250 g/mol. The second-order valence-electron chi connectivity index (χ2n) is 2.76. The zero-order chi connectivity index (χ0) is 10.5. The molecule has 0 aromatic heterocycles. The summed E-state index contributed by atoms with van der Waals surface area (Å²) < 4.78 is 34.0. The van der Waals surface area contributed by atoms with Gasteiger partial charge in [-0.15, -0.1) is 0 Å². The first-order valence-electron chi connectivity index (χ1n) is 3.99. The number of carbonyl (C=O) groups excluding carboxylic acids is 1. The number of carbonyl (C=O) groups is 1. The van der Waals surface area contributed by atoms with Crippen LogP contribution in [0.4, 0.5) is 0 Å². The summed E-state index contributed by atoms with van der Waals surface area (Å²) in [7, 11) is -4.09. The van der Waals surface area contributed by atoms with E-state index in [2.05, 4.69) is 4.74 Å². The van der Waals surface area contributed by atoms with Crippen molar-refractivity contribution in [3.63, 3.8) is 0 Å². The number of hydrogen-bond donors (Lipinski definition) is 1. The van der Waals surface area contributed by atoms with Crippen molar-refractivity contribution < 1.29 is 22.5 Å². The summed E-state index contributed by atoms with van der Waals surface area (Å²) in [6, 6.07) is 0. The second-order valence-corrected chi connectivity index (χ2v) is 4.59. The van der Waals surface area contributed by atoms with Crippen LogP contribution >= 0.6 is 0 Å². The van der Waals surface area contributed by atoms with E-state index in [-0.39, 0.29) is 50.8 Å². The minimum absolute atomic E-state index is 0. The van der Waals surface area contributed by atoms with E-state index in [1.165, 1.54) is 6.92 Å². The van der Waals surface area contributed by atoms with E-state index >= 15 is 0 Å². The first kappa shape index (κ1) is 17.0. The number of esters is 1. The van der Waals surface area contributed by atoms with Gasteiger partial charge in [-0.05, 0) is 13.3 Å². The van der Waals surface area contributed by atoms with E-state index in [9.17, 15) is 13.2 Å². The Kier molecular flexibility index (Phi) is 9.58. The van der Waals surface area contributed by atoms with Gasteiger partial charge in [0.2, 0.25) is 0 Å². The molecule has 1 unspecified atom stereocenters. The summed E-state index contributed by atoms with van der Waals surface area (Å²) >= 11 is 0. The smallest absolute Gasteiger partial charge is 0.305 e. The molecular formula is C7H14CaO5S. The molecule has 0 aliphatic carbocycles. The van der Waals surface area contributed by atoms with Gasteiger partial charge in [0, 0.05) is 44.2 Å². The molecule has 0 aromatic rings. The van der Waals surface area contributed by atoms with Gasteiger partial charge in [0.1, 0.15) is 11.9 Å². The average molecular weight is 250 g/mol. The Hall–Kier alpha value is 0.640. The SMILES string of the molecule is CCCC(=O)OCC(C)S(=O)(=O)O.[Ca]. The summed E-state index contributed by atoms with van der Waals surface area (Å²) in [5.41, 5.74) is 0. The van der Waals surface area contributed by atoms with Crippen LogP contribution in [0.3, 0.4) is 0 Å². The molecule has 0 spiro atoms. The van der Waals surface area contributed by atoms with Crippen LogP contribution in [-0.2, 0) is 19.6 Å². The predicted molar refractivity (Wildman–Crippen MR) is 52.6 cm³/mol. The number of ether oxygens (including phenoxy) is 1. The zero-order valence-electron chi connectivity index (χ0n) is 8.39. The average Bonchev–Trinajstić information content (AvgIpc) is 1.99. The molecule has 0 rings (SSSR count). The van der Waals surface area contributed by atoms with Crippen molar-refractivity contribution >= 4 is 53.8 Å². The fraction of sp³-hybridized carbons (Fsp3) is 0.857. The van der Waals surface area contributed by atoms with E-state index < -0.39 is 21.3 Å². The molecule has 0 saturated heterocycles. The van der Waals surface area contributed by atoms with Gasteiger partial charge < -0.3 is 4.74 Å². The van der Waals surface area contributed by atoms with E-state index in [4.69, 9.17) is 4.55 Å². The van der Waals surface area contributed by atoms with Crippen molar-refractivity contribution in [2.45, 2.75) is 31.9 Å². The largest absolute Gasteiger partial charge is 0.464 e. The van der Waals surface area contributed by atoms with Crippen LogP contribution in [0.2, 0.25) is 0 Å². The summed E-state index contributed by atoms with van der Waals surface area (Å²) in [5.74, 6) is -0.446. The van der Waals surface area contributed by atoms with Gasteiger partial charge in [-0.1, -0.05) is 6.92 Å². The van der Waals surface area contributed by atoms with Crippen LogP contribution in [0.1, 0.15) is 26.7 Å². The molecule has 1 N–H and O–H groups in total. The zero-order valence-corrected chi connectivity index (χ0v) is 11.4. The molecule has 2 radical (unpaired) electrons. The molecule has 1 atom stereocenters. The van der Waals surface area contributed by atoms with Gasteiger partial charge in [0.15, 0.2) is 0 Å². The van der Waals surface area contributed by atoms with E-state index in [1.54, 1.807) is 0 Å². The predicted octanol–water partition coefficient (Wildman–Crippen LogP) is 0.225. The Balaban J connectivity index is 0. The fourth-order valence-corrected chi connectivity index (χ4v) is 0.813. The molecular weight excluding hydrogens is 236 g/mol. The Labute approximate surface area is 114 Å². The Morgan fingerprint density at radius 2 is 2.00 bits per heavy atom. The van der Waals surface area contributed by atoms with Crippen LogP contribution in [0, 0.1) is 0 Å². The van der Waals surface area contributed by atoms with Gasteiger partial charge in [0.05, 0.1) is 0 Å². The quantitative estimate of drug-likeness (QED) is 0.429. The topological polar surface area (TPSA) is 80.7 Å². The summed E-state index contributed by atoms with van der Waals surface area (Å²) in [4.78, 5) is 10.8. The molecule has 0 aliphatic rings. The van der Waals surface area contributed by atoms with Gasteiger partial charge >= 0.3 is 5.97 Å². The Morgan fingerprint density at radius 1 is 1.50 bits per heavy atom. The fourth-order valence-electron chi connectivity index (χ4n) is 0.573. The Bertz CT molecular complexity index is 261. The third-order valence-electron chi connectivity index (χ3n) is 1.44. The number of hydrogen-bond acceptors (Lipinski definition) is 4. The maximum Gasteiger partial charge on any atom is 0.305 e. The van der Waals surface area contributed by atoms with Crippen LogP contribution in [-0.4, -0.2) is 68.5 Å². The standard InChI is InChI=1S/C7H14O5S.Ca/c1-3-4-7(8)12-5-6(2)13(9,10)11;/h6H,3-5H2,1-2H3,(H,9,10,11);. The van der Waals surface area contributed by atoms with Crippen LogP contribution in [0.5, 0.6) is 0 Å². The van der Waals surface area contributed by atoms with Crippen LogP contribution in [0.15, 0.2) is 0 Å². The summed E-state index contributed by atoms with van der Waals surface area (Å²) in [5, 5.41) is -1.06. The molecule has 0 aromatic carbocycles. The van der Waals surface area contributed by atoms with Crippen molar-refractivity contribution in [1.29, 1.82) is 0 Å². The minimum Gasteiger partial charge on any atom is -0.464 e. The van der Waals surface area contributed by atoms with E-state index in [0.29, 0.717) is 6.42 Å². The maximum absolute atomic E-state index is 10.8. The third kappa shape index (κ3) is 7.99.